The van der Waals surface area contributed by atoms with Crippen molar-refractivity contribution in [3.05, 3.63) is 185 Å². The molecule has 6 aromatic rings. The second-order valence-electron chi connectivity index (χ2n) is 16.6. The SMILES string of the molecule is COc1ccc(OC)c(C=Cc2ccc(N3C(=O)C4CC=C5C(CC6C(=O)C(c7ccccc7)=CC(=O)C6(c6ccccc6)C5c5ccc(O)c6ccccc56)C4C3=O)cc2)c1. The Labute approximate surface area is 359 Å². The lowest BCUT2D eigenvalue weighted by molar-refractivity contribution is -0.134. The third-order valence-electron chi connectivity index (χ3n) is 13.7. The van der Waals surface area contributed by atoms with Gasteiger partial charge in [-0.2, -0.15) is 0 Å². The number of carbonyl (C=O) groups excluding carboxylic acids is 4. The van der Waals surface area contributed by atoms with E-state index in [-0.39, 0.29) is 35.6 Å². The Balaban J connectivity index is 1.09. The van der Waals surface area contributed by atoms with Crippen molar-refractivity contribution in [2.24, 2.45) is 23.7 Å². The average Bonchev–Trinajstić information content (AvgIpc) is 3.58. The molecule has 6 atom stereocenters. The summed E-state index contributed by atoms with van der Waals surface area (Å²) in [5.74, 6) is -2.94. The number of imide groups is 1. The summed E-state index contributed by atoms with van der Waals surface area (Å²) in [6, 6.07) is 42.7. The fraction of sp³-hybridized carbons (Fsp3) is 0.185. The number of phenols is 1. The molecule has 1 saturated carbocycles. The van der Waals surface area contributed by atoms with Gasteiger partial charge >= 0.3 is 0 Å². The molecule has 8 nitrogen and oxygen atoms in total. The summed E-state index contributed by atoms with van der Waals surface area (Å²) < 4.78 is 10.9. The topological polar surface area (TPSA) is 110 Å². The molecule has 1 aliphatic heterocycles. The van der Waals surface area contributed by atoms with Crippen LogP contribution in [-0.2, 0) is 24.6 Å². The molecule has 0 radical (unpaired) electrons. The van der Waals surface area contributed by atoms with Crippen LogP contribution in [-0.4, -0.2) is 42.7 Å². The van der Waals surface area contributed by atoms with Crippen LogP contribution in [0.4, 0.5) is 5.69 Å². The van der Waals surface area contributed by atoms with Gasteiger partial charge in [0.2, 0.25) is 11.8 Å². The number of ether oxygens (including phenoxy) is 2. The lowest BCUT2D eigenvalue weighted by Crippen LogP contribution is -2.58. The molecule has 0 aromatic heterocycles. The number of aromatic hydroxyl groups is 1. The van der Waals surface area contributed by atoms with E-state index < -0.39 is 35.0 Å². The molecule has 10 rings (SSSR count). The Morgan fingerprint density at radius 3 is 2.15 bits per heavy atom. The number of Topliss-reactive ketones (excluding diaryl/α,β-unsaturated/α-hetero) is 1. The van der Waals surface area contributed by atoms with E-state index in [1.807, 2.05) is 133 Å². The van der Waals surface area contributed by atoms with Crippen LogP contribution in [0.1, 0.15) is 46.6 Å². The summed E-state index contributed by atoms with van der Waals surface area (Å²) in [7, 11) is 3.22. The van der Waals surface area contributed by atoms with Gasteiger partial charge in [0.05, 0.1) is 37.2 Å². The number of benzene rings is 6. The lowest BCUT2D eigenvalue weighted by Gasteiger charge is -2.55. The number of allylic oxidation sites excluding steroid dienone is 4. The van der Waals surface area contributed by atoms with Crippen molar-refractivity contribution in [3.8, 4) is 17.2 Å². The van der Waals surface area contributed by atoms with Gasteiger partial charge in [0.25, 0.3) is 0 Å². The van der Waals surface area contributed by atoms with Crippen molar-refractivity contribution in [2.45, 2.75) is 24.2 Å². The second-order valence-corrected chi connectivity index (χ2v) is 16.6. The third-order valence-corrected chi connectivity index (χ3v) is 13.7. The Bertz CT molecular complexity index is 2900. The van der Waals surface area contributed by atoms with Gasteiger partial charge < -0.3 is 14.6 Å². The molecule has 1 heterocycles. The van der Waals surface area contributed by atoms with Crippen LogP contribution in [0.2, 0.25) is 0 Å². The predicted octanol–water partition coefficient (Wildman–Crippen LogP) is 9.76. The summed E-state index contributed by atoms with van der Waals surface area (Å²) in [5, 5.41) is 12.5. The Morgan fingerprint density at radius 2 is 1.42 bits per heavy atom. The van der Waals surface area contributed by atoms with Gasteiger partial charge in [0.1, 0.15) is 17.2 Å². The number of hydrogen-bond acceptors (Lipinski definition) is 7. The van der Waals surface area contributed by atoms with Crippen LogP contribution in [0.15, 0.2) is 157 Å². The molecule has 2 fully saturated rings. The van der Waals surface area contributed by atoms with Crippen molar-refractivity contribution in [3.63, 3.8) is 0 Å². The zero-order valence-corrected chi connectivity index (χ0v) is 34.2. The minimum Gasteiger partial charge on any atom is -0.507 e. The molecule has 6 unspecified atom stereocenters. The number of nitrogens with zero attached hydrogens (tertiary/aromatic N) is 1. The minimum atomic E-state index is -1.38. The number of amides is 2. The van der Waals surface area contributed by atoms with Crippen LogP contribution >= 0.6 is 0 Å². The van der Waals surface area contributed by atoms with Crippen LogP contribution in [0.25, 0.3) is 28.5 Å². The minimum absolute atomic E-state index is 0.103. The molecule has 0 bridgehead atoms. The summed E-state index contributed by atoms with van der Waals surface area (Å²) >= 11 is 0. The first-order valence-electron chi connectivity index (χ1n) is 20.9. The number of hydrogen-bond donors (Lipinski definition) is 1. The zero-order chi connectivity index (χ0) is 42.7. The Kier molecular flexibility index (Phi) is 9.59. The Hall–Kier alpha value is -7.32. The highest BCUT2D eigenvalue weighted by Crippen LogP contribution is 2.64. The van der Waals surface area contributed by atoms with E-state index in [0.29, 0.717) is 45.7 Å². The highest BCUT2D eigenvalue weighted by Gasteiger charge is 2.66. The van der Waals surface area contributed by atoms with Gasteiger partial charge in [-0.1, -0.05) is 127 Å². The van der Waals surface area contributed by atoms with Gasteiger partial charge in [-0.25, -0.2) is 0 Å². The first-order valence-corrected chi connectivity index (χ1v) is 20.9. The largest absolute Gasteiger partial charge is 0.507 e. The van der Waals surface area contributed by atoms with Crippen molar-refractivity contribution in [2.75, 3.05) is 19.1 Å². The molecule has 2 amide bonds. The summed E-state index contributed by atoms with van der Waals surface area (Å²) in [6.07, 6.45) is 7.96. The van der Waals surface area contributed by atoms with E-state index in [0.717, 1.165) is 27.6 Å². The number of phenolic OH excluding ortho intramolecular Hbond substituents is 1. The molecule has 306 valence electrons. The normalized spacial score (nSPS) is 24.4. The molecule has 1 N–H and O–H groups in total. The van der Waals surface area contributed by atoms with Crippen LogP contribution < -0.4 is 14.4 Å². The van der Waals surface area contributed by atoms with E-state index in [2.05, 4.69) is 6.08 Å². The van der Waals surface area contributed by atoms with Gasteiger partial charge in [-0.3, -0.25) is 24.1 Å². The average molecular weight is 818 g/mol. The van der Waals surface area contributed by atoms with Crippen molar-refractivity contribution in [1.29, 1.82) is 0 Å². The quantitative estimate of drug-likeness (QED) is 0.0926. The van der Waals surface area contributed by atoms with Gasteiger partial charge in [-0.15, -0.1) is 0 Å². The molecule has 8 heteroatoms. The molecule has 0 spiro atoms. The van der Waals surface area contributed by atoms with Crippen molar-refractivity contribution in [1.82, 2.24) is 0 Å². The number of ketones is 2. The molecular formula is C54H43NO7. The Morgan fingerprint density at radius 1 is 0.710 bits per heavy atom. The predicted molar refractivity (Wildman–Crippen MR) is 240 cm³/mol. The van der Waals surface area contributed by atoms with E-state index in [1.54, 1.807) is 32.4 Å². The third kappa shape index (κ3) is 5.96. The van der Waals surface area contributed by atoms with Crippen LogP contribution in [0.5, 0.6) is 17.2 Å². The van der Waals surface area contributed by atoms with Crippen molar-refractivity contribution < 1.29 is 33.8 Å². The van der Waals surface area contributed by atoms with Gasteiger partial charge in [0, 0.05) is 28.4 Å². The highest BCUT2D eigenvalue weighted by atomic mass is 16.5. The molecule has 3 aliphatic carbocycles. The fourth-order valence-corrected chi connectivity index (χ4v) is 10.9. The molecular weight excluding hydrogens is 775 g/mol. The fourth-order valence-electron chi connectivity index (χ4n) is 10.9. The van der Waals surface area contributed by atoms with Crippen LogP contribution in [0.3, 0.4) is 0 Å². The summed E-state index contributed by atoms with van der Waals surface area (Å²) in [6.45, 7) is 0. The zero-order valence-electron chi connectivity index (χ0n) is 34.2. The van der Waals surface area contributed by atoms with E-state index >= 15 is 14.4 Å². The molecule has 4 aliphatic rings. The van der Waals surface area contributed by atoms with E-state index in [1.165, 1.54) is 11.0 Å². The maximum Gasteiger partial charge on any atom is 0.238 e. The molecule has 62 heavy (non-hydrogen) atoms. The lowest BCUT2D eigenvalue weighted by atomic mass is 9.44. The number of rotatable bonds is 8. The number of anilines is 1. The second kappa shape index (κ2) is 15.3. The number of fused-ring (bicyclic) bond motifs is 5. The van der Waals surface area contributed by atoms with Gasteiger partial charge in [-0.05, 0) is 88.9 Å². The maximum absolute atomic E-state index is 15.5. The first kappa shape index (κ1) is 38.9. The van der Waals surface area contributed by atoms with Crippen LogP contribution in [0, 0.1) is 23.7 Å². The van der Waals surface area contributed by atoms with Gasteiger partial charge in [0.15, 0.2) is 11.6 Å². The standard InChI is InChI=1S/C54H43NO7/c1-61-37-23-28-47(62-2)34(29-37)20-17-32-18-21-36(22-19-32)55-52(59)42-25-24-41-44(49(42)53(55)60)30-45-51(58)43(33-11-5-3-6-12-33)31-48(57)54(45,35-13-7-4-8-14-35)50(41)40-26-27-46(56)39-16-10-9-15-38(39)40/h3-24,26-29,31,42,44-45,49-50,56H,25,30H2,1-2H3. The number of methoxy groups -OCH3 is 2. The summed E-state index contributed by atoms with van der Waals surface area (Å²) in [5.41, 5.74) is 4.15. The highest BCUT2D eigenvalue weighted by molar-refractivity contribution is 6.32. The summed E-state index contributed by atoms with van der Waals surface area (Å²) in [4.78, 5) is 61.7. The maximum atomic E-state index is 15.5. The number of carbonyl (C=O) groups is 4. The smallest absolute Gasteiger partial charge is 0.238 e. The molecule has 1 saturated heterocycles. The van der Waals surface area contributed by atoms with Crippen molar-refractivity contribution >= 4 is 57.6 Å². The van der Waals surface area contributed by atoms with E-state index in [4.69, 9.17) is 9.47 Å². The first-order chi connectivity index (χ1) is 30.2. The molecule has 6 aromatic carbocycles. The monoisotopic (exact) mass is 817 g/mol. The van der Waals surface area contributed by atoms with E-state index in [9.17, 15) is 9.90 Å².